The zero-order valence-corrected chi connectivity index (χ0v) is 20.7. The lowest BCUT2D eigenvalue weighted by molar-refractivity contribution is -0.131. The van der Waals surface area contributed by atoms with Gasteiger partial charge < -0.3 is 15.2 Å². The Morgan fingerprint density at radius 1 is 1.34 bits per heavy atom. The van der Waals surface area contributed by atoms with Crippen molar-refractivity contribution in [3.63, 3.8) is 0 Å². The van der Waals surface area contributed by atoms with Crippen LogP contribution in [0.3, 0.4) is 0 Å². The van der Waals surface area contributed by atoms with Crippen LogP contribution in [-0.2, 0) is 10.5 Å². The number of aryl methyl sites for hydroxylation is 2. The molecule has 4 rings (SSSR count). The van der Waals surface area contributed by atoms with Gasteiger partial charge in [0.2, 0.25) is 5.91 Å². The lowest BCUT2D eigenvalue weighted by Gasteiger charge is -2.33. The summed E-state index contributed by atoms with van der Waals surface area (Å²) in [5, 5.41) is 7.23. The molecular weight excluding hydrogens is 464 g/mol. The van der Waals surface area contributed by atoms with E-state index in [0.29, 0.717) is 35.6 Å². The number of H-pyrrole nitrogens is 1. The van der Waals surface area contributed by atoms with Crippen molar-refractivity contribution in [2.75, 3.05) is 13.1 Å². The molecule has 0 aromatic carbocycles. The summed E-state index contributed by atoms with van der Waals surface area (Å²) in [5.41, 5.74) is 1.56. The molecule has 10 heteroatoms. The zero-order chi connectivity index (χ0) is 22.8. The van der Waals surface area contributed by atoms with E-state index < -0.39 is 0 Å². The Morgan fingerprint density at radius 2 is 2.09 bits per heavy atom. The van der Waals surface area contributed by atoms with E-state index in [0.717, 1.165) is 28.1 Å². The van der Waals surface area contributed by atoms with E-state index in [-0.39, 0.29) is 28.7 Å². The Bertz CT molecular complexity index is 1180. The Hall–Kier alpha value is -2.17. The molecule has 3 aromatic heterocycles. The van der Waals surface area contributed by atoms with Crippen molar-refractivity contribution in [1.29, 1.82) is 0 Å². The molecule has 0 bridgehead atoms. The SMILES string of the molecule is Cc1sc2nc(CSC(C)C(=O)N3CCC(NC(=O)c4ccsc4)CC3)[nH]c(=O)c2c1C. The first-order valence-electron chi connectivity index (χ1n) is 10.6. The second kappa shape index (κ2) is 9.76. The first-order chi connectivity index (χ1) is 15.3. The van der Waals surface area contributed by atoms with Crippen LogP contribution in [0.25, 0.3) is 10.2 Å². The molecule has 7 nitrogen and oxygen atoms in total. The predicted molar refractivity (Wildman–Crippen MR) is 132 cm³/mol. The molecule has 170 valence electrons. The van der Waals surface area contributed by atoms with Gasteiger partial charge in [-0.3, -0.25) is 14.4 Å². The maximum Gasteiger partial charge on any atom is 0.259 e. The average molecular weight is 491 g/mol. The molecule has 32 heavy (non-hydrogen) atoms. The molecule has 1 saturated heterocycles. The number of hydrogen-bond donors (Lipinski definition) is 2. The Balaban J connectivity index is 1.28. The summed E-state index contributed by atoms with van der Waals surface area (Å²) in [4.78, 5) is 48.7. The van der Waals surface area contributed by atoms with E-state index in [4.69, 9.17) is 0 Å². The predicted octanol–water partition coefficient (Wildman–Crippen LogP) is 3.71. The second-order valence-electron chi connectivity index (χ2n) is 8.01. The summed E-state index contributed by atoms with van der Waals surface area (Å²) in [6, 6.07) is 1.91. The fraction of sp³-hybridized carbons (Fsp3) is 0.455. The van der Waals surface area contributed by atoms with Gasteiger partial charge in [0.05, 0.1) is 16.4 Å². The third-order valence-corrected chi connectivity index (χ3v) is 8.76. The lowest BCUT2D eigenvalue weighted by Crippen LogP contribution is -2.48. The quantitative estimate of drug-likeness (QED) is 0.549. The maximum atomic E-state index is 12.9. The summed E-state index contributed by atoms with van der Waals surface area (Å²) >= 11 is 4.51. The van der Waals surface area contributed by atoms with Crippen LogP contribution in [0.1, 0.15) is 46.4 Å². The number of thiophene rings is 2. The van der Waals surface area contributed by atoms with Crippen LogP contribution in [0, 0.1) is 13.8 Å². The molecule has 0 aliphatic carbocycles. The van der Waals surface area contributed by atoms with Crippen molar-refractivity contribution >= 4 is 56.5 Å². The number of aromatic amines is 1. The first-order valence-corrected chi connectivity index (χ1v) is 13.4. The molecule has 3 aromatic rings. The number of amides is 2. The molecule has 2 N–H and O–H groups in total. The molecule has 1 unspecified atom stereocenters. The standard InChI is InChI=1S/C22H26N4O3S3/c1-12-13(2)32-21-18(12)20(28)24-17(25-21)11-31-14(3)22(29)26-7-4-16(5-8-26)23-19(27)15-6-9-30-10-15/h6,9-10,14,16H,4-5,7-8,11H2,1-3H3,(H,23,27)(H,24,25,28). The third kappa shape index (κ3) is 4.92. The fourth-order valence-corrected chi connectivity index (χ4v) is 6.33. The highest BCUT2D eigenvalue weighted by Gasteiger charge is 2.27. The average Bonchev–Trinajstić information content (AvgIpc) is 3.41. The molecule has 1 fully saturated rings. The highest BCUT2D eigenvalue weighted by molar-refractivity contribution is 7.99. The van der Waals surface area contributed by atoms with Crippen LogP contribution >= 0.6 is 34.4 Å². The smallest absolute Gasteiger partial charge is 0.259 e. The number of piperidine rings is 1. The Morgan fingerprint density at radius 3 is 2.78 bits per heavy atom. The normalized spacial score (nSPS) is 15.8. The van der Waals surface area contributed by atoms with Gasteiger partial charge in [-0.05, 0) is 50.6 Å². The number of aromatic nitrogens is 2. The minimum absolute atomic E-state index is 0.0467. The molecule has 0 spiro atoms. The fourth-order valence-electron chi connectivity index (χ4n) is 3.81. The van der Waals surface area contributed by atoms with Crippen LogP contribution in [0.4, 0.5) is 0 Å². The van der Waals surface area contributed by atoms with Gasteiger partial charge in [-0.2, -0.15) is 11.3 Å². The largest absolute Gasteiger partial charge is 0.349 e. The molecule has 1 atom stereocenters. The summed E-state index contributed by atoms with van der Waals surface area (Å²) in [5.74, 6) is 1.11. The van der Waals surface area contributed by atoms with Gasteiger partial charge in [-0.1, -0.05) is 0 Å². The molecule has 0 saturated carbocycles. The number of thioether (sulfide) groups is 1. The van der Waals surface area contributed by atoms with Crippen molar-refractivity contribution in [3.05, 3.63) is 49.0 Å². The number of carbonyl (C=O) groups is 2. The van der Waals surface area contributed by atoms with E-state index >= 15 is 0 Å². The summed E-state index contributed by atoms with van der Waals surface area (Å²) < 4.78 is 0. The number of likely N-dealkylation sites (tertiary alicyclic amines) is 1. The van der Waals surface area contributed by atoms with Gasteiger partial charge >= 0.3 is 0 Å². The Kier molecular flexibility index (Phi) is 7.02. The summed E-state index contributed by atoms with van der Waals surface area (Å²) in [6.07, 6.45) is 1.50. The number of fused-ring (bicyclic) bond motifs is 1. The van der Waals surface area contributed by atoms with Crippen molar-refractivity contribution < 1.29 is 9.59 Å². The molecule has 1 aliphatic heterocycles. The molecule has 4 heterocycles. The van der Waals surface area contributed by atoms with E-state index in [1.165, 1.54) is 34.4 Å². The van der Waals surface area contributed by atoms with Crippen LogP contribution in [0.15, 0.2) is 21.6 Å². The number of hydrogen-bond acceptors (Lipinski definition) is 7. The number of nitrogens with zero attached hydrogens (tertiary/aromatic N) is 2. The zero-order valence-electron chi connectivity index (χ0n) is 18.3. The van der Waals surface area contributed by atoms with E-state index in [1.54, 1.807) is 0 Å². The first kappa shape index (κ1) is 23.0. The van der Waals surface area contributed by atoms with Crippen LogP contribution in [-0.4, -0.2) is 51.1 Å². The summed E-state index contributed by atoms with van der Waals surface area (Å²) in [6.45, 7) is 7.09. The van der Waals surface area contributed by atoms with Crippen molar-refractivity contribution in [2.45, 2.75) is 50.7 Å². The van der Waals surface area contributed by atoms with Crippen molar-refractivity contribution in [3.8, 4) is 0 Å². The number of rotatable bonds is 6. The minimum Gasteiger partial charge on any atom is -0.349 e. The minimum atomic E-state index is -0.236. The summed E-state index contributed by atoms with van der Waals surface area (Å²) in [7, 11) is 0. The Labute approximate surface area is 198 Å². The van der Waals surface area contributed by atoms with Gasteiger partial charge in [0.1, 0.15) is 10.7 Å². The number of nitrogens with one attached hydrogen (secondary N) is 2. The molecular formula is C22H26N4O3S3. The lowest BCUT2D eigenvalue weighted by atomic mass is 10.0. The van der Waals surface area contributed by atoms with Crippen molar-refractivity contribution in [1.82, 2.24) is 20.2 Å². The third-order valence-electron chi connectivity index (χ3n) is 5.83. The highest BCUT2D eigenvalue weighted by atomic mass is 32.2. The number of carbonyl (C=O) groups excluding carboxylic acids is 2. The monoisotopic (exact) mass is 490 g/mol. The van der Waals surface area contributed by atoms with Crippen molar-refractivity contribution in [2.24, 2.45) is 0 Å². The van der Waals surface area contributed by atoms with Crippen LogP contribution < -0.4 is 10.9 Å². The molecule has 0 radical (unpaired) electrons. The van der Waals surface area contributed by atoms with Crippen LogP contribution in [0.2, 0.25) is 0 Å². The molecule has 2 amide bonds. The topological polar surface area (TPSA) is 95.2 Å². The van der Waals surface area contributed by atoms with Gasteiger partial charge in [0.25, 0.3) is 11.5 Å². The maximum absolute atomic E-state index is 12.9. The van der Waals surface area contributed by atoms with Gasteiger partial charge in [0, 0.05) is 35.0 Å². The van der Waals surface area contributed by atoms with Crippen LogP contribution in [0.5, 0.6) is 0 Å². The molecule has 1 aliphatic rings. The van der Waals surface area contributed by atoms with E-state index in [9.17, 15) is 14.4 Å². The highest BCUT2D eigenvalue weighted by Crippen LogP contribution is 2.27. The van der Waals surface area contributed by atoms with E-state index in [2.05, 4.69) is 15.3 Å². The van der Waals surface area contributed by atoms with Gasteiger partial charge in [0.15, 0.2) is 0 Å². The van der Waals surface area contributed by atoms with E-state index in [1.807, 2.05) is 42.5 Å². The van der Waals surface area contributed by atoms with Gasteiger partial charge in [-0.15, -0.1) is 23.1 Å². The van der Waals surface area contributed by atoms with Gasteiger partial charge in [-0.25, -0.2) is 4.98 Å². The second-order valence-corrected chi connectivity index (χ2v) is 11.3.